The normalized spacial score (nSPS) is 19.9. The summed E-state index contributed by atoms with van der Waals surface area (Å²) in [6, 6.07) is 8.83. The van der Waals surface area contributed by atoms with E-state index >= 15 is 0 Å². The number of nitrogens with zero attached hydrogens (tertiary/aromatic N) is 3. The Balaban J connectivity index is 1.42. The summed E-state index contributed by atoms with van der Waals surface area (Å²) in [6.07, 6.45) is 4.55. The molecule has 0 unspecified atom stereocenters. The van der Waals surface area contributed by atoms with E-state index in [-0.39, 0.29) is 23.1 Å². The Kier molecular flexibility index (Phi) is 5.42. The zero-order chi connectivity index (χ0) is 20.4. The molecule has 1 aliphatic carbocycles. The fourth-order valence-electron chi connectivity index (χ4n) is 3.53. The number of halogens is 1. The van der Waals surface area contributed by atoms with Gasteiger partial charge in [0.2, 0.25) is 10.0 Å². The van der Waals surface area contributed by atoms with Gasteiger partial charge < -0.3 is 4.74 Å². The van der Waals surface area contributed by atoms with Crippen LogP contribution >= 0.6 is 0 Å². The second kappa shape index (κ2) is 8.00. The average molecular weight is 416 g/mol. The standard InChI is InChI=1S/C20H21FN4O3S/c1-13-5-6-14-3-2-4-18(19(14)24-13)29(26,27)25-16-7-9-17(10-8-16)28-20-22-11-15(21)12-23-20/h2-6,11-12,16-17,25H,7-10H2,1H3. The van der Waals surface area contributed by atoms with Gasteiger partial charge in [0, 0.05) is 17.1 Å². The van der Waals surface area contributed by atoms with Crippen LogP contribution in [-0.4, -0.2) is 35.5 Å². The minimum absolute atomic E-state index is 0.122. The van der Waals surface area contributed by atoms with E-state index in [1.807, 2.05) is 25.1 Å². The lowest BCUT2D eigenvalue weighted by Crippen LogP contribution is -2.39. The molecule has 1 aromatic carbocycles. The molecule has 1 saturated carbocycles. The van der Waals surface area contributed by atoms with Gasteiger partial charge in [-0.15, -0.1) is 0 Å². The number of aryl methyl sites for hydroxylation is 1. The van der Waals surface area contributed by atoms with Gasteiger partial charge in [0.05, 0.1) is 17.9 Å². The smallest absolute Gasteiger partial charge is 0.316 e. The molecule has 0 amide bonds. The van der Waals surface area contributed by atoms with Gasteiger partial charge in [-0.05, 0) is 44.7 Å². The van der Waals surface area contributed by atoms with Gasteiger partial charge in [-0.1, -0.05) is 18.2 Å². The summed E-state index contributed by atoms with van der Waals surface area (Å²) in [5, 5.41) is 0.787. The maximum absolute atomic E-state index is 13.0. The number of nitrogens with one attached hydrogen (secondary N) is 1. The highest BCUT2D eigenvalue weighted by atomic mass is 32.2. The molecule has 0 atom stereocenters. The van der Waals surface area contributed by atoms with Crippen molar-refractivity contribution >= 4 is 20.9 Å². The number of benzene rings is 1. The summed E-state index contributed by atoms with van der Waals surface area (Å²) < 4.78 is 47.3. The molecular weight excluding hydrogens is 395 g/mol. The molecule has 7 nitrogen and oxygen atoms in total. The van der Waals surface area contributed by atoms with Crippen LogP contribution in [0.15, 0.2) is 47.6 Å². The van der Waals surface area contributed by atoms with Crippen LogP contribution in [-0.2, 0) is 10.0 Å². The lowest BCUT2D eigenvalue weighted by atomic mass is 9.94. The molecule has 0 bridgehead atoms. The third kappa shape index (κ3) is 4.51. The van der Waals surface area contributed by atoms with E-state index in [2.05, 4.69) is 19.7 Å². The Morgan fingerprint density at radius 2 is 1.79 bits per heavy atom. The van der Waals surface area contributed by atoms with Crippen LogP contribution in [0.2, 0.25) is 0 Å². The Hall–Kier alpha value is -2.65. The van der Waals surface area contributed by atoms with Crippen LogP contribution in [0.5, 0.6) is 6.01 Å². The first-order valence-electron chi connectivity index (χ1n) is 9.43. The lowest BCUT2D eigenvalue weighted by Gasteiger charge is -2.28. The quantitative estimate of drug-likeness (QED) is 0.687. The summed E-state index contributed by atoms with van der Waals surface area (Å²) in [7, 11) is -3.70. The predicted molar refractivity (Wildman–Crippen MR) is 105 cm³/mol. The lowest BCUT2D eigenvalue weighted by molar-refractivity contribution is 0.132. The monoisotopic (exact) mass is 416 g/mol. The number of rotatable bonds is 5. The summed E-state index contributed by atoms with van der Waals surface area (Å²) in [4.78, 5) is 12.2. The first-order valence-corrected chi connectivity index (χ1v) is 10.9. The summed E-state index contributed by atoms with van der Waals surface area (Å²) in [5.41, 5.74) is 1.24. The Morgan fingerprint density at radius 3 is 2.52 bits per heavy atom. The third-order valence-corrected chi connectivity index (χ3v) is 6.53. The molecular formula is C20H21FN4O3S. The zero-order valence-corrected chi connectivity index (χ0v) is 16.7. The molecule has 4 rings (SSSR count). The molecule has 2 heterocycles. The second-order valence-electron chi connectivity index (χ2n) is 7.18. The van der Waals surface area contributed by atoms with Crippen LogP contribution in [0.3, 0.4) is 0 Å². The number of sulfonamides is 1. The van der Waals surface area contributed by atoms with Crippen molar-refractivity contribution in [3.8, 4) is 6.01 Å². The molecule has 0 saturated heterocycles. The van der Waals surface area contributed by atoms with Crippen molar-refractivity contribution < 1.29 is 17.5 Å². The maximum atomic E-state index is 13.0. The van der Waals surface area contributed by atoms with Gasteiger partial charge in [-0.3, -0.25) is 4.98 Å². The van der Waals surface area contributed by atoms with Crippen molar-refractivity contribution in [1.82, 2.24) is 19.7 Å². The fraction of sp³-hybridized carbons (Fsp3) is 0.350. The highest BCUT2D eigenvalue weighted by Gasteiger charge is 2.28. The van der Waals surface area contributed by atoms with Crippen molar-refractivity contribution in [3.63, 3.8) is 0 Å². The van der Waals surface area contributed by atoms with Crippen molar-refractivity contribution in [2.45, 2.75) is 49.6 Å². The maximum Gasteiger partial charge on any atom is 0.316 e. The third-order valence-electron chi connectivity index (χ3n) is 4.98. The minimum Gasteiger partial charge on any atom is -0.460 e. The average Bonchev–Trinajstić information content (AvgIpc) is 2.70. The van der Waals surface area contributed by atoms with E-state index in [9.17, 15) is 12.8 Å². The Labute approximate surface area is 168 Å². The molecule has 9 heteroatoms. The number of pyridine rings is 1. The Bertz CT molecular complexity index is 1110. The van der Waals surface area contributed by atoms with E-state index in [0.29, 0.717) is 31.2 Å². The van der Waals surface area contributed by atoms with Gasteiger partial charge in [0.1, 0.15) is 11.0 Å². The second-order valence-corrected chi connectivity index (χ2v) is 8.86. The number of hydrogen-bond donors (Lipinski definition) is 1. The molecule has 0 aliphatic heterocycles. The van der Waals surface area contributed by atoms with Crippen LogP contribution in [0.1, 0.15) is 31.4 Å². The fourth-order valence-corrected chi connectivity index (χ4v) is 5.00. The highest BCUT2D eigenvalue weighted by molar-refractivity contribution is 7.89. The van der Waals surface area contributed by atoms with Crippen molar-refractivity contribution in [3.05, 3.63) is 54.2 Å². The van der Waals surface area contributed by atoms with Crippen LogP contribution < -0.4 is 9.46 Å². The molecule has 1 fully saturated rings. The van der Waals surface area contributed by atoms with Crippen LogP contribution in [0.4, 0.5) is 4.39 Å². The van der Waals surface area contributed by atoms with E-state index in [1.165, 1.54) is 0 Å². The van der Waals surface area contributed by atoms with Crippen LogP contribution in [0.25, 0.3) is 10.9 Å². The van der Waals surface area contributed by atoms with Gasteiger partial charge in [0.15, 0.2) is 5.82 Å². The van der Waals surface area contributed by atoms with Crippen molar-refractivity contribution in [2.24, 2.45) is 0 Å². The van der Waals surface area contributed by atoms with Gasteiger partial charge >= 0.3 is 6.01 Å². The summed E-state index contributed by atoms with van der Waals surface area (Å²) in [6.45, 7) is 1.84. The largest absolute Gasteiger partial charge is 0.460 e. The number of para-hydroxylation sites is 1. The minimum atomic E-state index is -3.70. The van der Waals surface area contributed by atoms with E-state index < -0.39 is 15.8 Å². The molecule has 29 heavy (non-hydrogen) atoms. The molecule has 1 N–H and O–H groups in total. The molecule has 1 aliphatic rings. The van der Waals surface area contributed by atoms with Crippen LogP contribution in [0, 0.1) is 12.7 Å². The first-order chi connectivity index (χ1) is 13.9. The van der Waals surface area contributed by atoms with E-state index in [4.69, 9.17) is 4.74 Å². The van der Waals surface area contributed by atoms with Gasteiger partial charge in [0.25, 0.3) is 0 Å². The predicted octanol–water partition coefficient (Wildman–Crippen LogP) is 3.14. The number of fused-ring (bicyclic) bond motifs is 1. The van der Waals surface area contributed by atoms with Gasteiger partial charge in [-0.2, -0.15) is 0 Å². The molecule has 2 aromatic heterocycles. The van der Waals surface area contributed by atoms with Crippen molar-refractivity contribution in [1.29, 1.82) is 0 Å². The summed E-state index contributed by atoms with van der Waals surface area (Å²) in [5.74, 6) is -0.520. The molecule has 0 spiro atoms. The van der Waals surface area contributed by atoms with Crippen molar-refractivity contribution in [2.75, 3.05) is 0 Å². The molecule has 152 valence electrons. The van der Waals surface area contributed by atoms with E-state index in [0.717, 1.165) is 23.5 Å². The zero-order valence-electron chi connectivity index (χ0n) is 15.9. The number of ether oxygens (including phenoxy) is 1. The number of aromatic nitrogens is 3. The van der Waals surface area contributed by atoms with E-state index in [1.54, 1.807) is 12.1 Å². The first kappa shape index (κ1) is 19.7. The highest BCUT2D eigenvalue weighted by Crippen LogP contribution is 2.26. The van der Waals surface area contributed by atoms with Gasteiger partial charge in [-0.25, -0.2) is 27.5 Å². The SMILES string of the molecule is Cc1ccc2cccc(S(=O)(=O)NC3CCC(Oc4ncc(F)cn4)CC3)c2n1. The summed E-state index contributed by atoms with van der Waals surface area (Å²) >= 11 is 0. The topological polar surface area (TPSA) is 94.1 Å². The number of hydrogen-bond acceptors (Lipinski definition) is 6. The Morgan fingerprint density at radius 1 is 1.07 bits per heavy atom. The molecule has 0 radical (unpaired) electrons. The molecule has 3 aromatic rings.